The first kappa shape index (κ1) is 13.7. The third kappa shape index (κ3) is 6.17. The van der Waals surface area contributed by atoms with Gasteiger partial charge in [0, 0.05) is 13.1 Å². The smallest absolute Gasteiger partial charge is 0.0160 e. The predicted octanol–water partition coefficient (Wildman–Crippen LogP) is 2.12. The molecule has 0 fully saturated rings. The molecule has 0 bridgehead atoms. The highest BCUT2D eigenvalue weighted by Crippen LogP contribution is 2.11. The first-order chi connectivity index (χ1) is 6.63. The average Bonchev–Trinajstić information content (AvgIpc) is 2.15. The lowest BCUT2D eigenvalue weighted by molar-refractivity contribution is 0.245. The number of likely N-dealkylation sites (N-methyl/N-ethyl adjacent to an activating group) is 1. The van der Waals surface area contributed by atoms with Crippen molar-refractivity contribution in [3.63, 3.8) is 0 Å². The molecule has 0 aromatic carbocycles. The number of rotatable bonds is 8. The summed E-state index contributed by atoms with van der Waals surface area (Å²) >= 11 is 0. The van der Waals surface area contributed by atoms with Gasteiger partial charge in [-0.25, -0.2) is 0 Å². The van der Waals surface area contributed by atoms with Crippen molar-refractivity contribution in [1.82, 2.24) is 4.90 Å². The summed E-state index contributed by atoms with van der Waals surface area (Å²) < 4.78 is 0. The Morgan fingerprint density at radius 1 is 1.43 bits per heavy atom. The molecule has 0 saturated carbocycles. The first-order valence-electron chi connectivity index (χ1n) is 5.67. The fraction of sp³-hybridized carbons (Fsp3) is 0.833. The molecule has 84 valence electrons. The number of hydrogen-bond acceptors (Lipinski definition) is 2. The van der Waals surface area contributed by atoms with Crippen molar-refractivity contribution >= 4 is 0 Å². The Morgan fingerprint density at radius 3 is 2.43 bits per heavy atom. The molecule has 0 saturated heterocycles. The Balaban J connectivity index is 3.93. The normalized spacial score (nSPS) is 13.6. The highest BCUT2D eigenvalue weighted by molar-refractivity contribution is 4.75. The van der Waals surface area contributed by atoms with Gasteiger partial charge in [0.05, 0.1) is 0 Å². The molecule has 0 aliphatic rings. The molecule has 14 heavy (non-hydrogen) atoms. The van der Waals surface area contributed by atoms with Gasteiger partial charge in [-0.1, -0.05) is 26.8 Å². The molecule has 0 aromatic rings. The van der Waals surface area contributed by atoms with Crippen LogP contribution in [0.4, 0.5) is 0 Å². The standard InChI is InChI=1S/C12H26N2/c1-5-7-14(6-2)10-12(9-13)8-11(3)4/h5,11-12H,1,6-10,13H2,2-4H3. The van der Waals surface area contributed by atoms with Gasteiger partial charge in [0.15, 0.2) is 0 Å². The van der Waals surface area contributed by atoms with Crippen molar-refractivity contribution in [3.8, 4) is 0 Å². The summed E-state index contributed by atoms with van der Waals surface area (Å²) in [7, 11) is 0. The second kappa shape index (κ2) is 8.01. The molecule has 0 spiro atoms. The maximum Gasteiger partial charge on any atom is 0.0160 e. The van der Waals surface area contributed by atoms with E-state index >= 15 is 0 Å². The minimum Gasteiger partial charge on any atom is -0.330 e. The number of nitrogens with two attached hydrogens (primary N) is 1. The molecule has 0 rings (SSSR count). The summed E-state index contributed by atoms with van der Waals surface area (Å²) in [6.45, 7) is 14.4. The third-order valence-electron chi connectivity index (χ3n) is 2.49. The van der Waals surface area contributed by atoms with Crippen molar-refractivity contribution in [1.29, 1.82) is 0 Å². The lowest BCUT2D eigenvalue weighted by Crippen LogP contribution is -2.33. The van der Waals surface area contributed by atoms with Gasteiger partial charge in [0.2, 0.25) is 0 Å². The van der Waals surface area contributed by atoms with Crippen LogP contribution >= 0.6 is 0 Å². The molecule has 2 heteroatoms. The van der Waals surface area contributed by atoms with Crippen LogP contribution in [0.25, 0.3) is 0 Å². The Morgan fingerprint density at radius 2 is 2.07 bits per heavy atom. The van der Waals surface area contributed by atoms with Gasteiger partial charge in [-0.3, -0.25) is 4.90 Å². The van der Waals surface area contributed by atoms with E-state index in [9.17, 15) is 0 Å². The molecule has 0 aromatic heterocycles. The maximum atomic E-state index is 5.77. The van der Waals surface area contributed by atoms with Crippen LogP contribution in [0.3, 0.4) is 0 Å². The fourth-order valence-electron chi connectivity index (χ4n) is 1.79. The van der Waals surface area contributed by atoms with Gasteiger partial charge >= 0.3 is 0 Å². The summed E-state index contributed by atoms with van der Waals surface area (Å²) in [5.41, 5.74) is 5.77. The Hall–Kier alpha value is -0.340. The van der Waals surface area contributed by atoms with Crippen LogP contribution in [-0.4, -0.2) is 31.1 Å². The van der Waals surface area contributed by atoms with E-state index in [0.717, 1.165) is 32.1 Å². The second-order valence-electron chi connectivity index (χ2n) is 4.37. The van der Waals surface area contributed by atoms with E-state index in [0.29, 0.717) is 5.92 Å². The Kier molecular flexibility index (Phi) is 7.81. The predicted molar refractivity (Wildman–Crippen MR) is 64.3 cm³/mol. The zero-order valence-corrected chi connectivity index (χ0v) is 10.00. The third-order valence-corrected chi connectivity index (χ3v) is 2.49. The van der Waals surface area contributed by atoms with E-state index in [4.69, 9.17) is 5.73 Å². The number of hydrogen-bond donors (Lipinski definition) is 1. The molecular weight excluding hydrogens is 172 g/mol. The highest BCUT2D eigenvalue weighted by Gasteiger charge is 2.12. The average molecular weight is 198 g/mol. The highest BCUT2D eigenvalue weighted by atomic mass is 15.1. The van der Waals surface area contributed by atoms with Crippen molar-refractivity contribution in [2.75, 3.05) is 26.2 Å². The minimum absolute atomic E-state index is 0.634. The van der Waals surface area contributed by atoms with Gasteiger partial charge in [0.25, 0.3) is 0 Å². The van der Waals surface area contributed by atoms with Gasteiger partial charge in [-0.05, 0) is 31.3 Å². The lowest BCUT2D eigenvalue weighted by Gasteiger charge is -2.25. The number of nitrogens with zero attached hydrogens (tertiary/aromatic N) is 1. The van der Waals surface area contributed by atoms with Crippen LogP contribution in [0.15, 0.2) is 12.7 Å². The molecule has 2 nitrogen and oxygen atoms in total. The Bertz CT molecular complexity index is 143. The van der Waals surface area contributed by atoms with E-state index in [1.807, 2.05) is 6.08 Å². The van der Waals surface area contributed by atoms with E-state index in [-0.39, 0.29) is 0 Å². The van der Waals surface area contributed by atoms with Gasteiger partial charge in [-0.2, -0.15) is 0 Å². The van der Waals surface area contributed by atoms with Crippen LogP contribution in [0.5, 0.6) is 0 Å². The van der Waals surface area contributed by atoms with Crippen LogP contribution in [-0.2, 0) is 0 Å². The van der Waals surface area contributed by atoms with E-state index in [1.165, 1.54) is 6.42 Å². The summed E-state index contributed by atoms with van der Waals surface area (Å²) in [4.78, 5) is 2.40. The van der Waals surface area contributed by atoms with Crippen molar-refractivity contribution in [3.05, 3.63) is 12.7 Å². The maximum absolute atomic E-state index is 5.77. The fourth-order valence-corrected chi connectivity index (χ4v) is 1.79. The zero-order chi connectivity index (χ0) is 11.0. The topological polar surface area (TPSA) is 29.3 Å². The molecule has 1 atom stereocenters. The van der Waals surface area contributed by atoms with Crippen molar-refractivity contribution in [2.45, 2.75) is 27.2 Å². The summed E-state index contributed by atoms with van der Waals surface area (Å²) in [6, 6.07) is 0. The lowest BCUT2D eigenvalue weighted by atomic mass is 9.96. The quantitative estimate of drug-likeness (QED) is 0.605. The summed E-state index contributed by atoms with van der Waals surface area (Å²) in [5.74, 6) is 1.38. The van der Waals surface area contributed by atoms with Crippen LogP contribution in [0.2, 0.25) is 0 Å². The van der Waals surface area contributed by atoms with Crippen molar-refractivity contribution in [2.24, 2.45) is 17.6 Å². The van der Waals surface area contributed by atoms with E-state index in [1.54, 1.807) is 0 Å². The monoisotopic (exact) mass is 198 g/mol. The van der Waals surface area contributed by atoms with Crippen LogP contribution < -0.4 is 5.73 Å². The molecule has 0 aliphatic heterocycles. The van der Waals surface area contributed by atoms with E-state index < -0.39 is 0 Å². The van der Waals surface area contributed by atoms with Crippen molar-refractivity contribution < 1.29 is 0 Å². The van der Waals surface area contributed by atoms with Gasteiger partial charge < -0.3 is 5.73 Å². The molecule has 0 radical (unpaired) electrons. The largest absolute Gasteiger partial charge is 0.330 e. The molecule has 1 unspecified atom stereocenters. The molecule has 0 heterocycles. The minimum atomic E-state index is 0.634. The zero-order valence-electron chi connectivity index (χ0n) is 10.00. The molecule has 2 N–H and O–H groups in total. The van der Waals surface area contributed by atoms with Crippen LogP contribution in [0, 0.1) is 11.8 Å². The SMILES string of the molecule is C=CCN(CC)CC(CN)CC(C)C. The molecule has 0 amide bonds. The van der Waals surface area contributed by atoms with Gasteiger partial charge in [0.1, 0.15) is 0 Å². The molecular formula is C12H26N2. The van der Waals surface area contributed by atoms with E-state index in [2.05, 4.69) is 32.3 Å². The summed E-state index contributed by atoms with van der Waals surface area (Å²) in [6.07, 6.45) is 3.19. The first-order valence-corrected chi connectivity index (χ1v) is 5.67. The molecule has 0 aliphatic carbocycles. The van der Waals surface area contributed by atoms with Crippen LogP contribution in [0.1, 0.15) is 27.2 Å². The Labute approximate surface area is 89.2 Å². The van der Waals surface area contributed by atoms with Gasteiger partial charge in [-0.15, -0.1) is 6.58 Å². The second-order valence-corrected chi connectivity index (χ2v) is 4.37. The summed E-state index contributed by atoms with van der Waals surface area (Å²) in [5, 5.41) is 0.